The monoisotopic (exact) mass is 1640 g/mol. The zero-order valence-corrected chi connectivity index (χ0v) is 69.9. The van der Waals surface area contributed by atoms with E-state index in [9.17, 15) is 0 Å². The number of hydrogen-bond acceptors (Lipinski definition) is 9. The third kappa shape index (κ3) is 19.1. The molecule has 0 aliphatic carbocycles. The number of benzene rings is 15. The van der Waals surface area contributed by atoms with E-state index in [4.69, 9.17) is 29.9 Å². The van der Waals surface area contributed by atoms with Gasteiger partial charge in [0.15, 0.2) is 11.6 Å². The highest BCUT2D eigenvalue weighted by Gasteiger charge is 2.18. The largest absolute Gasteiger partial charge is 0.264 e. The lowest BCUT2D eigenvalue weighted by atomic mass is 9.98. The Morgan fingerprint density at radius 3 is 0.766 bits per heavy atom. The quantitative estimate of drug-likeness (QED) is 0.0932. The van der Waals surface area contributed by atoms with Crippen LogP contribution < -0.4 is 0 Å². The highest BCUT2D eigenvalue weighted by molar-refractivity contribution is 5.97. The number of fused-ring (bicyclic) bond motifs is 2. The molecule has 22 aromatic rings. The van der Waals surface area contributed by atoms with Crippen molar-refractivity contribution >= 4 is 21.7 Å². The molecule has 0 aliphatic heterocycles. The van der Waals surface area contributed by atoms with E-state index in [0.29, 0.717) is 11.6 Å². The summed E-state index contributed by atoms with van der Waals surface area (Å²) in [7, 11) is 0. The first-order valence-corrected chi connectivity index (χ1v) is 42.7. The van der Waals surface area contributed by atoms with Crippen LogP contribution in [0.15, 0.2) is 504 Å². The third-order valence-electron chi connectivity index (χ3n) is 22.4. The molecule has 128 heavy (non-hydrogen) atoms. The highest BCUT2D eigenvalue weighted by atomic mass is 14.9. The Morgan fingerprint density at radius 1 is 0.141 bits per heavy atom. The molecule has 7 aromatic heterocycles. The van der Waals surface area contributed by atoms with Crippen molar-refractivity contribution in [2.75, 3.05) is 0 Å². The van der Waals surface area contributed by atoms with Crippen LogP contribution in [0.3, 0.4) is 0 Å². The van der Waals surface area contributed by atoms with E-state index in [-0.39, 0.29) is 0 Å². The fraction of sp³-hybridized carbons (Fsp3) is 0. The summed E-state index contributed by atoms with van der Waals surface area (Å²) < 4.78 is 0. The summed E-state index contributed by atoms with van der Waals surface area (Å²) in [6.07, 6.45) is 9.26. The summed E-state index contributed by atoms with van der Waals surface area (Å²) in [5.41, 5.74) is 33.4. The van der Waals surface area contributed by atoms with Gasteiger partial charge in [0.2, 0.25) is 0 Å². The van der Waals surface area contributed by atoms with Crippen LogP contribution in [0, 0.1) is 0 Å². The number of rotatable bonds is 16. The minimum atomic E-state index is 0.714. The van der Waals surface area contributed by atoms with Crippen LogP contribution in [-0.2, 0) is 0 Å². The maximum atomic E-state index is 4.96. The summed E-state index contributed by atoms with van der Waals surface area (Å²) in [5.74, 6) is 1.43. The molecule has 9 heteroatoms. The van der Waals surface area contributed by atoms with E-state index < -0.39 is 0 Å². The van der Waals surface area contributed by atoms with Crippen molar-refractivity contribution in [1.82, 2.24) is 44.9 Å². The number of aromatic nitrogens is 9. The Bertz CT molecular complexity index is 6750. The minimum Gasteiger partial charge on any atom is -0.264 e. The van der Waals surface area contributed by atoms with Crippen molar-refractivity contribution in [3.05, 3.63) is 504 Å². The Hall–Kier alpha value is -17.3. The van der Waals surface area contributed by atoms with Crippen LogP contribution in [0.2, 0.25) is 0 Å². The second-order valence-electron chi connectivity index (χ2n) is 30.8. The summed E-state index contributed by atoms with van der Waals surface area (Å²) in [5, 5.41) is 3.47. The van der Waals surface area contributed by atoms with Crippen LogP contribution in [-0.4, -0.2) is 44.9 Å². The van der Waals surface area contributed by atoms with Gasteiger partial charge < -0.3 is 0 Å². The predicted molar refractivity (Wildman–Crippen MR) is 528 cm³/mol. The van der Waals surface area contributed by atoms with E-state index in [1.54, 1.807) is 6.20 Å². The van der Waals surface area contributed by atoms with E-state index in [2.05, 4.69) is 367 Å². The Balaban J connectivity index is 0.000000111. The molecule has 0 saturated heterocycles. The molecule has 0 fully saturated rings. The van der Waals surface area contributed by atoms with Gasteiger partial charge in [0.25, 0.3) is 0 Å². The molecule has 0 bridgehead atoms. The molecule has 0 radical (unpaired) electrons. The van der Waals surface area contributed by atoms with Gasteiger partial charge in [0.05, 0.1) is 51.1 Å². The van der Waals surface area contributed by atoms with Crippen molar-refractivity contribution < 1.29 is 0 Å². The molecule has 7 heterocycles. The smallest absolute Gasteiger partial charge is 0.160 e. The lowest BCUT2D eigenvalue weighted by molar-refractivity contribution is 1.18. The molecule has 0 amide bonds. The zero-order valence-electron chi connectivity index (χ0n) is 69.9. The van der Waals surface area contributed by atoms with Crippen LogP contribution in [0.25, 0.3) is 201 Å². The van der Waals surface area contributed by atoms with E-state index in [0.717, 1.165) is 145 Å². The van der Waals surface area contributed by atoms with Crippen molar-refractivity contribution in [2.24, 2.45) is 0 Å². The molecule has 0 atom stereocenters. The summed E-state index contributed by atoms with van der Waals surface area (Å²) in [4.78, 5) is 42.6. The third-order valence-corrected chi connectivity index (χ3v) is 22.4. The average Bonchev–Trinajstić information content (AvgIpc) is 0.796. The standard InChI is InChI=1S/2C31H21N3.C29H21N.C28H20N2/c1-3-9-23(10-4-1)29-21-30(24-11-5-2-6-12-24)34-31(33-29)25-18-16-22(17-19-25)26-13-7-15-28-27(26)14-8-20-32-28;1-3-8-23(9-4-1)29-20-30(24-10-5-2-6-11-24)34-31(33-29)25-16-14-22(15-17-25)27-13-7-12-26-21-32-19-18-28(26)27;1-4-10-22(11-5-1)23-16-18-24(19-17-23)27-20-28(25-12-6-2-7-13-25)30-29(21-27)26-14-8-3-9-15-26;1-3-8-23(9-4-1)27-18-26(19-28(30-27)24-10-5-2-6-11-24)22-15-13-21(14-16-22)25-12-7-17-29-20-25/h2*1-21H;1-21H;1-20H. The minimum absolute atomic E-state index is 0.714. The fourth-order valence-corrected chi connectivity index (χ4v) is 15.8. The fourth-order valence-electron chi connectivity index (χ4n) is 15.8. The maximum absolute atomic E-state index is 4.96. The number of hydrogen-bond donors (Lipinski definition) is 0. The first-order chi connectivity index (χ1) is 63.4. The van der Waals surface area contributed by atoms with E-state index in [1.165, 1.54) is 44.3 Å². The summed E-state index contributed by atoms with van der Waals surface area (Å²) in [6, 6.07) is 163. The second kappa shape index (κ2) is 38.9. The molecular formula is C119H83N9. The van der Waals surface area contributed by atoms with Gasteiger partial charge in [0, 0.05) is 97.4 Å². The lowest BCUT2D eigenvalue weighted by Gasteiger charge is -2.11. The molecule has 0 N–H and O–H groups in total. The second-order valence-corrected chi connectivity index (χ2v) is 30.8. The van der Waals surface area contributed by atoms with Crippen molar-refractivity contribution in [3.8, 4) is 180 Å². The van der Waals surface area contributed by atoms with Crippen LogP contribution in [0.4, 0.5) is 0 Å². The zero-order chi connectivity index (χ0) is 85.8. The molecule has 22 rings (SSSR count). The van der Waals surface area contributed by atoms with Gasteiger partial charge in [0.1, 0.15) is 0 Å². The normalized spacial score (nSPS) is 10.8. The molecule has 0 saturated carbocycles. The first-order valence-electron chi connectivity index (χ1n) is 42.7. The molecule has 604 valence electrons. The van der Waals surface area contributed by atoms with Gasteiger partial charge in [-0.1, -0.05) is 413 Å². The van der Waals surface area contributed by atoms with Gasteiger partial charge in [-0.2, -0.15) is 0 Å². The van der Waals surface area contributed by atoms with Gasteiger partial charge in [-0.3, -0.25) is 15.0 Å². The SMILES string of the molecule is c1ccc(-c2cc(-c3ccc(-c4cccnc4)cc3)cc(-c3ccccc3)n2)cc1.c1ccc(-c2cc(-c3ccccc3)nc(-c3ccc(-c4cccc5cnccc45)cc3)n2)cc1.c1ccc(-c2cc(-c3ccccc3)nc(-c3ccc(-c4cccc5ncccc45)cc3)n2)cc1.c1ccc(-c2ccc(-c3cc(-c4ccccc4)nc(-c4ccccc4)c3)cc2)cc1. The molecule has 15 aromatic carbocycles. The summed E-state index contributed by atoms with van der Waals surface area (Å²) >= 11 is 0. The van der Waals surface area contributed by atoms with Crippen LogP contribution in [0.5, 0.6) is 0 Å². The molecule has 0 unspecified atom stereocenters. The van der Waals surface area contributed by atoms with Crippen molar-refractivity contribution in [3.63, 3.8) is 0 Å². The number of pyridine rings is 5. The molecule has 0 spiro atoms. The van der Waals surface area contributed by atoms with Gasteiger partial charge in [-0.05, 0) is 133 Å². The van der Waals surface area contributed by atoms with Gasteiger partial charge >= 0.3 is 0 Å². The Labute approximate surface area is 745 Å². The predicted octanol–water partition coefficient (Wildman–Crippen LogP) is 30.3. The first kappa shape index (κ1) is 80.5. The topological polar surface area (TPSA) is 116 Å². The van der Waals surface area contributed by atoms with Gasteiger partial charge in [-0.25, -0.2) is 29.9 Å². The van der Waals surface area contributed by atoms with Crippen molar-refractivity contribution in [2.45, 2.75) is 0 Å². The maximum Gasteiger partial charge on any atom is 0.160 e. The van der Waals surface area contributed by atoms with E-state index >= 15 is 0 Å². The molecule has 9 nitrogen and oxygen atoms in total. The highest BCUT2D eigenvalue weighted by Crippen LogP contribution is 2.39. The summed E-state index contributed by atoms with van der Waals surface area (Å²) in [6.45, 7) is 0. The Kier molecular flexibility index (Phi) is 24.4. The Morgan fingerprint density at radius 2 is 0.414 bits per heavy atom. The van der Waals surface area contributed by atoms with Gasteiger partial charge in [-0.15, -0.1) is 0 Å². The molecule has 0 aliphatic rings. The van der Waals surface area contributed by atoms with E-state index in [1.807, 2.05) is 146 Å². The van der Waals surface area contributed by atoms with Crippen molar-refractivity contribution in [1.29, 1.82) is 0 Å². The van der Waals surface area contributed by atoms with Crippen LogP contribution in [0.1, 0.15) is 0 Å². The molecular weight excluding hydrogens is 1560 g/mol. The average molecular weight is 1640 g/mol. The lowest BCUT2D eigenvalue weighted by Crippen LogP contribution is -1.96. The number of nitrogens with zero attached hydrogens (tertiary/aromatic N) is 9. The van der Waals surface area contributed by atoms with Crippen LogP contribution >= 0.6 is 0 Å².